The van der Waals surface area contributed by atoms with E-state index in [0.29, 0.717) is 12.0 Å². The van der Waals surface area contributed by atoms with Gasteiger partial charge in [0.1, 0.15) is 0 Å². The number of carbonyl (C=O) groups excluding carboxylic acids is 2. The molecule has 0 spiro atoms. The van der Waals surface area contributed by atoms with Crippen LogP contribution in [0, 0.1) is 6.92 Å². The van der Waals surface area contributed by atoms with Crippen LogP contribution in [0.5, 0.6) is 0 Å². The summed E-state index contributed by atoms with van der Waals surface area (Å²) in [6.07, 6.45) is 0. The van der Waals surface area contributed by atoms with Crippen LogP contribution in [-0.2, 0) is 27.4 Å². The normalized spacial score (nSPS) is 11.1. The van der Waals surface area contributed by atoms with Crippen molar-refractivity contribution in [2.45, 2.75) is 33.9 Å². The van der Waals surface area contributed by atoms with Gasteiger partial charge in [0.25, 0.3) is 6.47 Å². The molecule has 1 aromatic carbocycles. The molecule has 112 valence electrons. The third-order valence-corrected chi connectivity index (χ3v) is 2.68. The number of nitrogens with one attached hydrogen (secondary N) is 1. The average molecular weight is 281 g/mol. The highest BCUT2D eigenvalue weighted by Crippen LogP contribution is 2.21. The Labute approximate surface area is 120 Å². The van der Waals surface area contributed by atoms with E-state index in [2.05, 4.69) is 16.1 Å². The van der Waals surface area contributed by atoms with E-state index in [1.54, 1.807) is 0 Å². The Morgan fingerprint density at radius 2 is 1.70 bits per heavy atom. The Kier molecular flexibility index (Phi) is 9.04. The summed E-state index contributed by atoms with van der Waals surface area (Å²) in [4.78, 5) is 20.3. The molecule has 1 aliphatic rings. The van der Waals surface area contributed by atoms with Gasteiger partial charge in [-0.3, -0.25) is 4.79 Å². The summed E-state index contributed by atoms with van der Waals surface area (Å²) in [6, 6.07) is 3.98. The van der Waals surface area contributed by atoms with Crippen molar-refractivity contribution >= 4 is 12.4 Å². The van der Waals surface area contributed by atoms with Gasteiger partial charge in [-0.1, -0.05) is 19.9 Å². The van der Waals surface area contributed by atoms with Gasteiger partial charge < -0.3 is 14.8 Å². The van der Waals surface area contributed by atoms with E-state index in [4.69, 9.17) is 9.53 Å². The first-order chi connectivity index (χ1) is 9.63. The lowest BCUT2D eigenvalue weighted by atomic mass is 10.0. The van der Waals surface area contributed by atoms with Gasteiger partial charge >= 0.3 is 5.97 Å². The second-order valence-corrected chi connectivity index (χ2v) is 3.86. The van der Waals surface area contributed by atoms with Crippen LogP contribution in [0.4, 0.5) is 0 Å². The third-order valence-electron chi connectivity index (χ3n) is 2.68. The molecule has 5 nitrogen and oxygen atoms in total. The highest BCUT2D eigenvalue weighted by molar-refractivity contribution is 5.91. The van der Waals surface area contributed by atoms with E-state index < -0.39 is 0 Å². The van der Waals surface area contributed by atoms with E-state index in [1.165, 1.54) is 25.3 Å². The number of aryl methyl sites for hydroxylation is 1. The molecule has 0 bridgehead atoms. The number of rotatable bonds is 2. The molecule has 0 saturated carbocycles. The zero-order chi connectivity index (χ0) is 15.5. The first-order valence-electron chi connectivity index (χ1n) is 6.52. The number of ether oxygens (including phenoxy) is 2. The second kappa shape index (κ2) is 9.97. The number of hydrogen-bond acceptors (Lipinski definition) is 5. The summed E-state index contributed by atoms with van der Waals surface area (Å²) in [5.41, 5.74) is 4.15. The molecule has 0 amide bonds. The Morgan fingerprint density at radius 3 is 2.15 bits per heavy atom. The molecule has 5 heteroatoms. The van der Waals surface area contributed by atoms with Crippen LogP contribution in [0.15, 0.2) is 12.1 Å². The summed E-state index contributed by atoms with van der Waals surface area (Å²) in [6.45, 7) is 8.06. The van der Waals surface area contributed by atoms with Crippen molar-refractivity contribution in [1.82, 2.24) is 5.32 Å². The fraction of sp³-hybridized carbons (Fsp3) is 0.467. The molecule has 0 fully saturated rings. The second-order valence-electron chi connectivity index (χ2n) is 3.86. The minimum atomic E-state index is -0.253. The van der Waals surface area contributed by atoms with Gasteiger partial charge in [-0.2, -0.15) is 0 Å². The van der Waals surface area contributed by atoms with E-state index >= 15 is 0 Å². The van der Waals surface area contributed by atoms with Gasteiger partial charge in [-0.15, -0.1) is 0 Å². The Morgan fingerprint density at radius 1 is 1.20 bits per heavy atom. The van der Waals surface area contributed by atoms with Gasteiger partial charge in [0.05, 0.1) is 19.8 Å². The number of methoxy groups -OCH3 is 2. The molecule has 0 aromatic heterocycles. The average Bonchev–Trinajstić information content (AvgIpc) is 2.95. The number of esters is 1. The molecule has 1 aliphatic heterocycles. The zero-order valence-electron chi connectivity index (χ0n) is 12.8. The van der Waals surface area contributed by atoms with Crippen LogP contribution in [0.3, 0.4) is 0 Å². The lowest BCUT2D eigenvalue weighted by Crippen LogP contribution is -2.05. The summed E-state index contributed by atoms with van der Waals surface area (Å²) in [7, 11) is 2.72. The van der Waals surface area contributed by atoms with Crippen molar-refractivity contribution in [2.75, 3.05) is 14.2 Å². The molecular weight excluding hydrogens is 258 g/mol. The van der Waals surface area contributed by atoms with Crippen molar-refractivity contribution in [1.29, 1.82) is 0 Å². The largest absolute Gasteiger partial charge is 0.471 e. The van der Waals surface area contributed by atoms with Crippen LogP contribution in [0.2, 0.25) is 0 Å². The molecule has 20 heavy (non-hydrogen) atoms. The SMILES string of the molecule is CC.COC(=O)c1cc2c(cc1C)CNC2.COC=O. The van der Waals surface area contributed by atoms with E-state index in [1.807, 2.05) is 26.8 Å². The number of benzene rings is 1. The fourth-order valence-electron chi connectivity index (χ4n) is 1.80. The lowest BCUT2D eigenvalue weighted by molar-refractivity contribution is -0.126. The lowest BCUT2D eigenvalue weighted by Gasteiger charge is -2.06. The first kappa shape index (κ1) is 18.1. The minimum Gasteiger partial charge on any atom is -0.471 e. The quantitative estimate of drug-likeness (QED) is 0.665. The van der Waals surface area contributed by atoms with Crippen LogP contribution in [0.25, 0.3) is 0 Å². The van der Waals surface area contributed by atoms with Crippen molar-refractivity contribution < 1.29 is 19.1 Å². The van der Waals surface area contributed by atoms with Crippen LogP contribution in [0.1, 0.15) is 40.9 Å². The van der Waals surface area contributed by atoms with Gasteiger partial charge in [0, 0.05) is 13.1 Å². The molecule has 0 radical (unpaired) electrons. The van der Waals surface area contributed by atoms with E-state index in [9.17, 15) is 4.79 Å². The summed E-state index contributed by atoms with van der Waals surface area (Å²) in [5.74, 6) is -0.253. The van der Waals surface area contributed by atoms with Crippen LogP contribution >= 0.6 is 0 Å². The topological polar surface area (TPSA) is 64.6 Å². The molecule has 1 aromatic rings. The van der Waals surface area contributed by atoms with E-state index in [-0.39, 0.29) is 5.97 Å². The highest BCUT2D eigenvalue weighted by Gasteiger charge is 2.16. The Balaban J connectivity index is 0.000000521. The summed E-state index contributed by atoms with van der Waals surface area (Å²) < 4.78 is 8.58. The van der Waals surface area contributed by atoms with Gasteiger partial charge in [0.2, 0.25) is 0 Å². The third kappa shape index (κ3) is 5.01. The molecule has 0 aliphatic carbocycles. The predicted molar refractivity (Wildman–Crippen MR) is 77.5 cm³/mol. The minimum absolute atomic E-state index is 0.253. The van der Waals surface area contributed by atoms with Crippen molar-refractivity contribution in [3.63, 3.8) is 0 Å². The first-order valence-corrected chi connectivity index (χ1v) is 6.52. The standard InChI is InChI=1S/C11H13NO2.C2H4O2.C2H6/c1-7-3-8-5-12-6-9(8)4-10(7)11(13)14-2;1-4-2-3;1-2/h3-4,12H,5-6H2,1-2H3;2H,1H3;1-2H3. The molecule has 2 rings (SSSR count). The number of fused-ring (bicyclic) bond motifs is 1. The van der Waals surface area contributed by atoms with Gasteiger partial charge in [-0.05, 0) is 29.7 Å². The van der Waals surface area contributed by atoms with Crippen molar-refractivity contribution in [2.24, 2.45) is 0 Å². The molecule has 1 N–H and O–H groups in total. The molecular formula is C15H23NO4. The van der Waals surface area contributed by atoms with Crippen LogP contribution in [-0.4, -0.2) is 26.7 Å². The Bertz CT molecular complexity index is 444. The van der Waals surface area contributed by atoms with Crippen molar-refractivity contribution in [3.8, 4) is 0 Å². The number of carbonyl (C=O) groups is 2. The van der Waals surface area contributed by atoms with Gasteiger partial charge in [-0.25, -0.2) is 4.79 Å². The number of hydrogen-bond donors (Lipinski definition) is 1. The Hall–Kier alpha value is -1.88. The summed E-state index contributed by atoms with van der Waals surface area (Å²) in [5, 5.41) is 3.25. The smallest absolute Gasteiger partial charge is 0.338 e. The molecule has 0 saturated heterocycles. The molecule has 0 atom stereocenters. The zero-order valence-corrected chi connectivity index (χ0v) is 12.8. The van der Waals surface area contributed by atoms with Crippen LogP contribution < -0.4 is 5.32 Å². The monoisotopic (exact) mass is 281 g/mol. The maximum atomic E-state index is 11.4. The highest BCUT2D eigenvalue weighted by atomic mass is 16.5. The predicted octanol–water partition coefficient (Wildman–Crippen LogP) is 2.20. The maximum Gasteiger partial charge on any atom is 0.338 e. The van der Waals surface area contributed by atoms with E-state index in [0.717, 1.165) is 18.7 Å². The maximum absolute atomic E-state index is 11.4. The summed E-state index contributed by atoms with van der Waals surface area (Å²) >= 11 is 0. The van der Waals surface area contributed by atoms with Crippen molar-refractivity contribution in [3.05, 3.63) is 34.4 Å². The molecule has 0 unspecified atom stereocenters. The fourth-order valence-corrected chi connectivity index (χ4v) is 1.80. The molecule has 1 heterocycles. The van der Waals surface area contributed by atoms with Gasteiger partial charge in [0.15, 0.2) is 0 Å².